The number of carbonyl (C=O) groups excluding carboxylic acids is 1. The number of nitrogens with zero attached hydrogens (tertiary/aromatic N) is 8. The van der Waals surface area contributed by atoms with Crippen molar-refractivity contribution in [1.29, 1.82) is 0 Å². The van der Waals surface area contributed by atoms with E-state index in [1.165, 1.54) is 12.4 Å². The summed E-state index contributed by atoms with van der Waals surface area (Å²) in [7, 11) is 0. The topological polar surface area (TPSA) is 105 Å². The van der Waals surface area contributed by atoms with E-state index < -0.39 is 0 Å². The highest BCUT2D eigenvalue weighted by Gasteiger charge is 2.53. The third kappa shape index (κ3) is 4.02. The molecule has 39 heavy (non-hydrogen) atoms. The van der Waals surface area contributed by atoms with E-state index in [2.05, 4.69) is 43.0 Å². The number of anilines is 3. The number of ether oxygens (including phenoxy) is 1. The number of carbonyl (C=O) groups is 1. The first-order valence-electron chi connectivity index (χ1n) is 12.9. The fourth-order valence-electron chi connectivity index (χ4n) is 5.46. The second-order valence-corrected chi connectivity index (χ2v) is 10.1. The third-order valence-corrected chi connectivity index (χ3v) is 7.61. The monoisotopic (exact) mass is 521 g/mol. The predicted molar refractivity (Wildman–Crippen MR) is 147 cm³/mol. The van der Waals surface area contributed by atoms with Gasteiger partial charge in [0.15, 0.2) is 11.5 Å². The number of piperazine rings is 1. The number of pyridine rings is 1. The van der Waals surface area contributed by atoms with Gasteiger partial charge in [0.05, 0.1) is 11.2 Å². The molecule has 0 atom stereocenters. The fourth-order valence-corrected chi connectivity index (χ4v) is 5.46. The molecule has 196 valence electrons. The van der Waals surface area contributed by atoms with Crippen molar-refractivity contribution in [3.63, 3.8) is 0 Å². The van der Waals surface area contributed by atoms with Gasteiger partial charge in [-0.15, -0.1) is 0 Å². The van der Waals surface area contributed by atoms with Crippen molar-refractivity contribution >= 4 is 34.3 Å². The molecule has 1 saturated carbocycles. The van der Waals surface area contributed by atoms with Crippen LogP contribution in [0.5, 0.6) is 11.5 Å². The molecule has 1 spiro atoms. The van der Waals surface area contributed by atoms with Crippen molar-refractivity contribution in [3.8, 4) is 11.5 Å². The molecule has 4 aromatic heterocycles. The zero-order valence-electron chi connectivity index (χ0n) is 21.5. The molecule has 7 rings (SSSR count). The Bertz CT molecular complexity index is 1740. The quantitative estimate of drug-likeness (QED) is 0.335. The van der Waals surface area contributed by atoms with E-state index in [9.17, 15) is 4.79 Å². The molecular formula is C28H27N9O2. The molecule has 2 aliphatic rings. The van der Waals surface area contributed by atoms with Crippen LogP contribution < -0.4 is 15.0 Å². The molecule has 1 N–H and O–H groups in total. The third-order valence-electron chi connectivity index (χ3n) is 7.61. The molecule has 2 fully saturated rings. The van der Waals surface area contributed by atoms with E-state index in [0.29, 0.717) is 18.1 Å². The fraction of sp³-hybridized carbons (Fsp3) is 0.250. The van der Waals surface area contributed by atoms with Crippen molar-refractivity contribution in [1.82, 2.24) is 34.1 Å². The summed E-state index contributed by atoms with van der Waals surface area (Å²) in [6, 6.07) is 11.7. The maximum atomic E-state index is 12.4. The molecule has 5 heterocycles. The minimum atomic E-state index is -0.105. The highest BCUT2D eigenvalue weighted by molar-refractivity contribution is 5.89. The molecule has 1 aromatic carbocycles. The Balaban J connectivity index is 1.14. The van der Waals surface area contributed by atoms with Crippen LogP contribution in [0.4, 0.5) is 17.2 Å². The van der Waals surface area contributed by atoms with E-state index >= 15 is 0 Å². The van der Waals surface area contributed by atoms with Gasteiger partial charge in [0.2, 0.25) is 5.91 Å². The van der Waals surface area contributed by atoms with Gasteiger partial charge >= 0.3 is 0 Å². The molecule has 11 nitrogen and oxygen atoms in total. The lowest BCUT2D eigenvalue weighted by Crippen LogP contribution is -2.56. The first kappa shape index (κ1) is 23.2. The van der Waals surface area contributed by atoms with Crippen LogP contribution >= 0.6 is 0 Å². The van der Waals surface area contributed by atoms with Gasteiger partial charge in [0, 0.05) is 43.8 Å². The van der Waals surface area contributed by atoms with Crippen LogP contribution in [-0.4, -0.2) is 65.2 Å². The summed E-state index contributed by atoms with van der Waals surface area (Å²) in [5.74, 6) is 2.17. The summed E-state index contributed by atoms with van der Waals surface area (Å²) in [6.45, 7) is 7.88. The molecular weight excluding hydrogens is 494 g/mol. The van der Waals surface area contributed by atoms with Gasteiger partial charge in [-0.1, -0.05) is 6.58 Å². The average Bonchev–Trinajstić information content (AvgIpc) is 3.34. The van der Waals surface area contributed by atoms with Crippen molar-refractivity contribution in [3.05, 3.63) is 79.7 Å². The van der Waals surface area contributed by atoms with Crippen LogP contribution in [0.3, 0.4) is 0 Å². The summed E-state index contributed by atoms with van der Waals surface area (Å²) in [5.41, 5.74) is 4.43. The van der Waals surface area contributed by atoms with Gasteiger partial charge in [-0.2, -0.15) is 10.2 Å². The van der Waals surface area contributed by atoms with Crippen molar-refractivity contribution in [2.24, 2.45) is 0 Å². The molecule has 1 aliphatic carbocycles. The molecule has 11 heteroatoms. The normalized spacial score (nSPS) is 16.1. The van der Waals surface area contributed by atoms with Gasteiger partial charge in [-0.3, -0.25) is 4.79 Å². The zero-order chi connectivity index (χ0) is 26.6. The largest absolute Gasteiger partial charge is 0.457 e. The van der Waals surface area contributed by atoms with Gasteiger partial charge in [0.25, 0.3) is 0 Å². The van der Waals surface area contributed by atoms with E-state index in [1.807, 2.05) is 59.1 Å². The van der Waals surface area contributed by atoms with E-state index in [-0.39, 0.29) is 11.4 Å². The lowest BCUT2D eigenvalue weighted by molar-refractivity contribution is -0.129. The van der Waals surface area contributed by atoms with Gasteiger partial charge in [-0.05, 0) is 61.7 Å². The lowest BCUT2D eigenvalue weighted by Gasteiger charge is -2.42. The summed E-state index contributed by atoms with van der Waals surface area (Å²) in [4.78, 5) is 25.6. The SMILES string of the molecule is C=CC(=O)N1CCN(c2ccn3ncnc(Nc4ccc(Oc5ccn6ncnc6c5)c(C)c4)c23)CC12CC2. The number of hydrogen-bond acceptors (Lipinski definition) is 8. The summed E-state index contributed by atoms with van der Waals surface area (Å²) < 4.78 is 9.66. The Morgan fingerprint density at radius 1 is 1.05 bits per heavy atom. The van der Waals surface area contributed by atoms with E-state index in [0.717, 1.165) is 59.8 Å². The van der Waals surface area contributed by atoms with Crippen LogP contribution in [0.25, 0.3) is 11.2 Å². The summed E-state index contributed by atoms with van der Waals surface area (Å²) in [6.07, 6.45) is 10.3. The number of hydrogen-bond donors (Lipinski definition) is 1. The Morgan fingerprint density at radius 3 is 2.69 bits per heavy atom. The Kier molecular flexibility index (Phi) is 5.25. The number of aromatic nitrogens is 6. The van der Waals surface area contributed by atoms with E-state index in [4.69, 9.17) is 4.74 Å². The predicted octanol–water partition coefficient (Wildman–Crippen LogP) is 3.98. The van der Waals surface area contributed by atoms with E-state index in [1.54, 1.807) is 10.8 Å². The highest BCUT2D eigenvalue weighted by atomic mass is 16.5. The maximum Gasteiger partial charge on any atom is 0.246 e. The molecule has 0 bridgehead atoms. The summed E-state index contributed by atoms with van der Waals surface area (Å²) >= 11 is 0. The van der Waals surface area contributed by atoms with Crippen LogP contribution in [0, 0.1) is 6.92 Å². The average molecular weight is 522 g/mol. The lowest BCUT2D eigenvalue weighted by atomic mass is 10.1. The molecule has 0 radical (unpaired) electrons. The number of amides is 1. The Labute approximate surface area is 224 Å². The second kappa shape index (κ2) is 8.83. The first-order valence-corrected chi connectivity index (χ1v) is 12.9. The Hall–Kier alpha value is -4.93. The molecule has 1 aliphatic heterocycles. The van der Waals surface area contributed by atoms with Crippen LogP contribution in [0.15, 0.2) is 74.1 Å². The molecule has 5 aromatic rings. The Morgan fingerprint density at radius 2 is 1.87 bits per heavy atom. The van der Waals surface area contributed by atoms with Crippen LogP contribution in [-0.2, 0) is 4.79 Å². The minimum absolute atomic E-state index is 0.0152. The minimum Gasteiger partial charge on any atom is -0.457 e. The van der Waals surface area contributed by atoms with Gasteiger partial charge in [0.1, 0.15) is 29.7 Å². The van der Waals surface area contributed by atoms with Gasteiger partial charge in [-0.25, -0.2) is 19.0 Å². The second-order valence-electron chi connectivity index (χ2n) is 10.1. The van der Waals surface area contributed by atoms with Crippen LogP contribution in [0.1, 0.15) is 18.4 Å². The number of aryl methyl sites for hydroxylation is 1. The maximum absolute atomic E-state index is 12.4. The van der Waals surface area contributed by atoms with Gasteiger partial charge < -0.3 is 19.9 Å². The highest BCUT2D eigenvalue weighted by Crippen LogP contribution is 2.46. The molecule has 0 unspecified atom stereocenters. The molecule has 1 amide bonds. The van der Waals surface area contributed by atoms with Crippen LogP contribution in [0.2, 0.25) is 0 Å². The van der Waals surface area contributed by atoms with Crippen molar-refractivity contribution in [2.45, 2.75) is 25.3 Å². The zero-order valence-corrected chi connectivity index (χ0v) is 21.5. The first-order chi connectivity index (χ1) is 19.0. The number of rotatable bonds is 6. The van der Waals surface area contributed by atoms with Crippen molar-refractivity contribution in [2.75, 3.05) is 29.9 Å². The standard InChI is InChI=1S/C28H27N9O2/c1-3-25(38)35-13-12-34(16-28(35)8-9-28)22-7-11-37-26(22)27(30-18-32-37)33-20-4-5-23(19(2)14-20)39-21-6-10-36-24(15-21)29-17-31-36/h3-7,10-11,14-15,17-18H,1,8-9,12-13,16H2,2H3,(H,30,32,33). The number of benzene rings is 1. The summed E-state index contributed by atoms with van der Waals surface area (Å²) in [5, 5.41) is 12.0. The molecule has 1 saturated heterocycles. The number of fused-ring (bicyclic) bond motifs is 2. The smallest absolute Gasteiger partial charge is 0.246 e. The number of nitrogens with one attached hydrogen (secondary N) is 1. The van der Waals surface area contributed by atoms with Crippen molar-refractivity contribution < 1.29 is 9.53 Å².